The average Bonchev–Trinajstić information content (AvgIpc) is 3.09. The molecule has 0 fully saturated rings. The van der Waals surface area contributed by atoms with Crippen LogP contribution in [0.3, 0.4) is 0 Å². The zero-order valence-corrected chi connectivity index (χ0v) is 13.9. The fourth-order valence-electron chi connectivity index (χ4n) is 2.62. The average molecular weight is 332 g/mol. The van der Waals surface area contributed by atoms with E-state index < -0.39 is 0 Å². The van der Waals surface area contributed by atoms with E-state index in [1.165, 1.54) is 11.9 Å². The Morgan fingerprint density at radius 1 is 1.04 bits per heavy atom. The minimum absolute atomic E-state index is 0.433. The summed E-state index contributed by atoms with van der Waals surface area (Å²) in [6.45, 7) is 2.05. The van der Waals surface area contributed by atoms with Crippen LogP contribution in [0.25, 0.3) is 22.4 Å². The molecule has 6 nitrogen and oxygen atoms in total. The summed E-state index contributed by atoms with van der Waals surface area (Å²) >= 11 is 0. The maximum absolute atomic E-state index is 5.39. The van der Waals surface area contributed by atoms with E-state index in [0.29, 0.717) is 17.2 Å². The van der Waals surface area contributed by atoms with Gasteiger partial charge in [-0.2, -0.15) is 4.98 Å². The Morgan fingerprint density at radius 2 is 1.88 bits per heavy atom. The van der Waals surface area contributed by atoms with Crippen LogP contribution in [-0.2, 0) is 0 Å². The van der Waals surface area contributed by atoms with E-state index in [-0.39, 0.29) is 0 Å². The van der Waals surface area contributed by atoms with Gasteiger partial charge in [0.25, 0.3) is 5.71 Å². The van der Waals surface area contributed by atoms with E-state index in [1.807, 2.05) is 55.5 Å². The minimum Gasteiger partial charge on any atom is -0.497 e. The highest BCUT2D eigenvalue weighted by molar-refractivity contribution is 5.98. The van der Waals surface area contributed by atoms with Gasteiger partial charge in [0.05, 0.1) is 7.11 Å². The maximum atomic E-state index is 5.39. The third kappa shape index (κ3) is 2.89. The number of fused-ring (bicyclic) bond motifs is 1. The van der Waals surface area contributed by atoms with Crippen molar-refractivity contribution in [3.8, 4) is 17.0 Å². The van der Waals surface area contributed by atoms with Crippen LogP contribution in [0.1, 0.15) is 5.56 Å². The lowest BCUT2D eigenvalue weighted by Crippen LogP contribution is -1.96. The van der Waals surface area contributed by atoms with Crippen molar-refractivity contribution in [1.29, 1.82) is 0 Å². The van der Waals surface area contributed by atoms with Gasteiger partial charge >= 0.3 is 0 Å². The first kappa shape index (κ1) is 15.1. The van der Waals surface area contributed by atoms with Gasteiger partial charge in [-0.15, -0.1) is 0 Å². The number of hydrogen-bond donors (Lipinski definition) is 1. The number of aryl methyl sites for hydroxylation is 1. The lowest BCUT2D eigenvalue weighted by molar-refractivity contribution is 0.415. The number of hydrogen-bond acceptors (Lipinski definition) is 6. The molecule has 4 rings (SSSR count). The number of benzene rings is 2. The molecule has 4 aromatic rings. The molecule has 2 heterocycles. The van der Waals surface area contributed by atoms with E-state index in [1.54, 1.807) is 7.11 Å². The van der Waals surface area contributed by atoms with E-state index in [9.17, 15) is 0 Å². The topological polar surface area (TPSA) is 73.1 Å². The lowest BCUT2D eigenvalue weighted by Gasteiger charge is -2.07. The molecule has 6 heteroatoms. The number of nitrogens with one attached hydrogen (secondary N) is 1. The SMILES string of the molecule is COc1cccc(-c2noc3ncnc(Nc4ccc(C)cc4)c23)c1. The van der Waals surface area contributed by atoms with Crippen LogP contribution in [-0.4, -0.2) is 22.2 Å². The van der Waals surface area contributed by atoms with E-state index >= 15 is 0 Å². The standard InChI is InChI=1S/C19H16N4O2/c1-12-6-8-14(9-7-12)22-18-16-17(23-25-19(16)21-11-20-18)13-4-3-5-15(10-13)24-2/h3-11H,1-2H3,(H,20,21,22). The molecule has 0 spiro atoms. The molecule has 1 N–H and O–H groups in total. The predicted molar refractivity (Wildman–Crippen MR) is 96.0 cm³/mol. The zero-order valence-electron chi connectivity index (χ0n) is 13.9. The molecule has 2 aromatic carbocycles. The first-order valence-corrected chi connectivity index (χ1v) is 7.83. The first-order chi connectivity index (χ1) is 12.2. The van der Waals surface area contributed by atoms with Gasteiger partial charge in [0.2, 0.25) is 0 Å². The summed E-state index contributed by atoms with van der Waals surface area (Å²) in [6.07, 6.45) is 1.46. The van der Waals surface area contributed by atoms with Gasteiger partial charge in [-0.3, -0.25) is 0 Å². The first-order valence-electron chi connectivity index (χ1n) is 7.83. The van der Waals surface area contributed by atoms with Crippen molar-refractivity contribution < 1.29 is 9.26 Å². The zero-order chi connectivity index (χ0) is 17.2. The Kier molecular flexibility index (Phi) is 3.78. The Morgan fingerprint density at radius 3 is 2.68 bits per heavy atom. The molecule has 0 aliphatic heterocycles. The molecule has 124 valence electrons. The molecule has 0 amide bonds. The molecule has 2 aromatic heterocycles. The molecule has 0 atom stereocenters. The van der Waals surface area contributed by atoms with Crippen molar-refractivity contribution in [3.05, 3.63) is 60.4 Å². The molecule has 0 unspecified atom stereocenters. The van der Waals surface area contributed by atoms with Crippen molar-refractivity contribution >= 4 is 22.6 Å². The third-order valence-corrected chi connectivity index (χ3v) is 3.93. The summed E-state index contributed by atoms with van der Waals surface area (Å²) in [5.41, 5.74) is 4.11. The summed E-state index contributed by atoms with van der Waals surface area (Å²) in [5.74, 6) is 1.39. The van der Waals surface area contributed by atoms with E-state index in [4.69, 9.17) is 9.26 Å². The molecule has 25 heavy (non-hydrogen) atoms. The van der Waals surface area contributed by atoms with Crippen LogP contribution in [0.5, 0.6) is 5.75 Å². The monoisotopic (exact) mass is 332 g/mol. The molecule has 0 bridgehead atoms. The molecule has 0 saturated carbocycles. The molecular weight excluding hydrogens is 316 g/mol. The summed E-state index contributed by atoms with van der Waals surface area (Å²) < 4.78 is 10.7. The van der Waals surface area contributed by atoms with Crippen LogP contribution in [0.4, 0.5) is 11.5 Å². The summed E-state index contributed by atoms with van der Waals surface area (Å²) in [4.78, 5) is 8.55. The van der Waals surface area contributed by atoms with Crippen LogP contribution >= 0.6 is 0 Å². The maximum Gasteiger partial charge on any atom is 0.263 e. The Bertz CT molecular complexity index is 1030. The van der Waals surface area contributed by atoms with Gasteiger partial charge in [0.1, 0.15) is 29.0 Å². The summed E-state index contributed by atoms with van der Waals surface area (Å²) in [7, 11) is 1.63. The number of anilines is 2. The Hall–Kier alpha value is -3.41. The van der Waals surface area contributed by atoms with Gasteiger partial charge in [-0.1, -0.05) is 35.0 Å². The fraction of sp³-hybridized carbons (Fsp3) is 0.105. The largest absolute Gasteiger partial charge is 0.497 e. The Balaban J connectivity index is 1.82. The van der Waals surface area contributed by atoms with Gasteiger partial charge in [0, 0.05) is 11.3 Å². The highest BCUT2D eigenvalue weighted by atomic mass is 16.5. The quantitative estimate of drug-likeness (QED) is 0.599. The molecule has 0 saturated heterocycles. The number of nitrogens with zero attached hydrogens (tertiary/aromatic N) is 3. The van der Waals surface area contributed by atoms with Gasteiger partial charge in [0.15, 0.2) is 0 Å². The Labute approximate surface area is 144 Å². The highest BCUT2D eigenvalue weighted by Gasteiger charge is 2.17. The summed E-state index contributed by atoms with van der Waals surface area (Å²) in [5, 5.41) is 8.23. The van der Waals surface area contributed by atoms with Crippen molar-refractivity contribution in [2.45, 2.75) is 6.92 Å². The van der Waals surface area contributed by atoms with Gasteiger partial charge < -0.3 is 14.6 Å². The number of aromatic nitrogens is 3. The van der Waals surface area contributed by atoms with Gasteiger partial charge in [-0.05, 0) is 31.2 Å². The van der Waals surface area contributed by atoms with E-state index in [2.05, 4.69) is 20.4 Å². The van der Waals surface area contributed by atoms with Crippen LogP contribution in [0, 0.1) is 6.92 Å². The van der Waals surface area contributed by atoms with Crippen molar-refractivity contribution in [2.24, 2.45) is 0 Å². The van der Waals surface area contributed by atoms with Crippen molar-refractivity contribution in [2.75, 3.05) is 12.4 Å². The van der Waals surface area contributed by atoms with E-state index in [0.717, 1.165) is 22.4 Å². The predicted octanol–water partition coefficient (Wildman–Crippen LogP) is 4.35. The van der Waals surface area contributed by atoms with Gasteiger partial charge in [-0.25, -0.2) is 4.98 Å². The van der Waals surface area contributed by atoms with Crippen molar-refractivity contribution in [1.82, 2.24) is 15.1 Å². The second-order valence-corrected chi connectivity index (χ2v) is 5.66. The second-order valence-electron chi connectivity index (χ2n) is 5.66. The smallest absolute Gasteiger partial charge is 0.263 e. The molecule has 0 aliphatic carbocycles. The second kappa shape index (κ2) is 6.24. The van der Waals surface area contributed by atoms with Crippen LogP contribution in [0.2, 0.25) is 0 Å². The number of methoxy groups -OCH3 is 1. The normalized spacial score (nSPS) is 10.8. The number of rotatable bonds is 4. The number of ether oxygens (including phenoxy) is 1. The molecule has 0 aliphatic rings. The van der Waals surface area contributed by atoms with Crippen molar-refractivity contribution in [3.63, 3.8) is 0 Å². The molecule has 0 radical (unpaired) electrons. The fourth-order valence-corrected chi connectivity index (χ4v) is 2.62. The molecular formula is C19H16N4O2. The van der Waals surface area contributed by atoms with Crippen LogP contribution in [0.15, 0.2) is 59.4 Å². The third-order valence-electron chi connectivity index (χ3n) is 3.93. The minimum atomic E-state index is 0.433. The lowest BCUT2D eigenvalue weighted by atomic mass is 10.1. The summed E-state index contributed by atoms with van der Waals surface area (Å²) in [6, 6.07) is 15.7. The highest BCUT2D eigenvalue weighted by Crippen LogP contribution is 2.33. The van der Waals surface area contributed by atoms with Crippen LogP contribution < -0.4 is 10.1 Å².